The second-order valence-corrected chi connectivity index (χ2v) is 12.6. The van der Waals surface area contributed by atoms with Crippen LogP contribution < -0.4 is 9.80 Å². The van der Waals surface area contributed by atoms with Crippen LogP contribution in [-0.4, -0.2) is 4.40 Å². The molecule has 0 amide bonds. The highest BCUT2D eigenvalue weighted by Gasteiger charge is 2.22. The van der Waals surface area contributed by atoms with Gasteiger partial charge in [0.2, 0.25) is 0 Å². The van der Waals surface area contributed by atoms with Crippen LogP contribution in [0.1, 0.15) is 0 Å². The maximum atomic E-state index is 2.49. The van der Waals surface area contributed by atoms with Crippen LogP contribution in [-0.2, 0) is 0 Å². The predicted octanol–water partition coefficient (Wildman–Crippen LogP) is 12.9. The second kappa shape index (κ2) is 11.0. The Hall–Kier alpha value is -6.58. The molecule has 3 heteroatoms. The summed E-state index contributed by atoms with van der Waals surface area (Å²) in [5.41, 5.74) is 10.5. The standard InChI is InChI=1S/C46H31N3/c1-5-15-33(16-6-1)47(34-17-7-2-8-18-34)37-26-25-32-29-42-39-28-27-38(48(35-19-9-3-10-20-35)36-21-11-4-12-22-36)31-44(39)49-43-24-14-13-23-40(43)45(46(42)49)41(32)30-37/h1-31H. The van der Waals surface area contributed by atoms with Crippen molar-refractivity contribution in [1.29, 1.82) is 0 Å². The summed E-state index contributed by atoms with van der Waals surface area (Å²) in [4.78, 5) is 4.69. The van der Waals surface area contributed by atoms with Crippen molar-refractivity contribution in [2.45, 2.75) is 0 Å². The SMILES string of the molecule is c1ccc(N(c2ccccc2)c2ccc3cc4c5ccc(N(c6ccccc6)c6ccccc6)cc5n5c6ccccc6c(c3c2)c45)cc1. The van der Waals surface area contributed by atoms with Gasteiger partial charge in [0, 0.05) is 55.7 Å². The highest BCUT2D eigenvalue weighted by Crippen LogP contribution is 2.46. The van der Waals surface area contributed by atoms with Gasteiger partial charge in [-0.1, -0.05) is 103 Å². The predicted molar refractivity (Wildman–Crippen MR) is 208 cm³/mol. The number of rotatable bonds is 6. The Morgan fingerprint density at radius 2 is 0.796 bits per heavy atom. The van der Waals surface area contributed by atoms with E-state index in [0.717, 1.165) is 34.1 Å². The van der Waals surface area contributed by atoms with Gasteiger partial charge in [-0.25, -0.2) is 0 Å². The Kier molecular flexibility index (Phi) is 6.18. The molecule has 230 valence electrons. The Labute approximate surface area is 284 Å². The molecule has 0 atom stereocenters. The molecule has 0 bridgehead atoms. The van der Waals surface area contributed by atoms with Crippen LogP contribution in [0.15, 0.2) is 188 Å². The van der Waals surface area contributed by atoms with Crippen molar-refractivity contribution in [3.05, 3.63) is 188 Å². The van der Waals surface area contributed by atoms with Gasteiger partial charge in [0.1, 0.15) is 0 Å². The van der Waals surface area contributed by atoms with Gasteiger partial charge in [-0.15, -0.1) is 0 Å². The Morgan fingerprint density at radius 1 is 0.306 bits per heavy atom. The zero-order chi connectivity index (χ0) is 32.3. The van der Waals surface area contributed by atoms with E-state index in [1.54, 1.807) is 0 Å². The van der Waals surface area contributed by atoms with Gasteiger partial charge in [-0.2, -0.15) is 0 Å². The van der Waals surface area contributed by atoms with Crippen molar-refractivity contribution in [3.8, 4) is 0 Å². The van der Waals surface area contributed by atoms with Gasteiger partial charge in [-0.3, -0.25) is 0 Å². The molecule has 0 fully saturated rings. The van der Waals surface area contributed by atoms with E-state index in [1.165, 1.54) is 48.9 Å². The minimum Gasteiger partial charge on any atom is -0.310 e. The molecule has 0 aliphatic heterocycles. The van der Waals surface area contributed by atoms with Crippen LogP contribution >= 0.6 is 0 Å². The molecule has 0 saturated carbocycles. The number of hydrogen-bond acceptors (Lipinski definition) is 2. The minimum atomic E-state index is 1.13. The van der Waals surface area contributed by atoms with Gasteiger partial charge in [0.15, 0.2) is 0 Å². The maximum absolute atomic E-state index is 2.49. The smallest absolute Gasteiger partial charge is 0.0627 e. The fourth-order valence-corrected chi connectivity index (χ4v) is 7.75. The van der Waals surface area contributed by atoms with Crippen molar-refractivity contribution in [2.75, 3.05) is 9.80 Å². The molecule has 3 nitrogen and oxygen atoms in total. The zero-order valence-corrected chi connectivity index (χ0v) is 26.7. The molecular formula is C46H31N3. The quantitative estimate of drug-likeness (QED) is 0.182. The molecule has 0 spiro atoms. The fraction of sp³-hybridized carbons (Fsp3) is 0. The van der Waals surface area contributed by atoms with E-state index in [1.807, 2.05) is 0 Å². The molecule has 2 heterocycles. The summed E-state index contributed by atoms with van der Waals surface area (Å²) < 4.78 is 2.49. The summed E-state index contributed by atoms with van der Waals surface area (Å²) in [6, 6.07) is 67.7. The number of hydrogen-bond donors (Lipinski definition) is 0. The first-order chi connectivity index (χ1) is 24.3. The summed E-state index contributed by atoms with van der Waals surface area (Å²) in [7, 11) is 0. The summed E-state index contributed by atoms with van der Waals surface area (Å²) >= 11 is 0. The summed E-state index contributed by atoms with van der Waals surface area (Å²) in [6.45, 7) is 0. The van der Waals surface area contributed by atoms with E-state index in [-0.39, 0.29) is 0 Å². The van der Waals surface area contributed by atoms with Crippen molar-refractivity contribution in [2.24, 2.45) is 0 Å². The summed E-state index contributed by atoms with van der Waals surface area (Å²) in [5.74, 6) is 0. The molecule has 8 aromatic carbocycles. The van der Waals surface area contributed by atoms with Gasteiger partial charge in [0.05, 0.1) is 16.6 Å². The number of para-hydroxylation sites is 5. The van der Waals surface area contributed by atoms with Crippen LogP contribution in [0.2, 0.25) is 0 Å². The lowest BCUT2D eigenvalue weighted by atomic mass is 9.99. The molecule has 49 heavy (non-hydrogen) atoms. The van der Waals surface area contributed by atoms with Crippen LogP contribution in [0, 0.1) is 0 Å². The molecule has 10 rings (SSSR count). The highest BCUT2D eigenvalue weighted by molar-refractivity contribution is 6.31. The third-order valence-corrected chi connectivity index (χ3v) is 9.82. The van der Waals surface area contributed by atoms with Gasteiger partial charge in [-0.05, 0) is 95.7 Å². The van der Waals surface area contributed by atoms with E-state index in [4.69, 9.17) is 0 Å². The topological polar surface area (TPSA) is 10.9 Å². The molecular weight excluding hydrogens is 595 g/mol. The lowest BCUT2D eigenvalue weighted by Gasteiger charge is -2.25. The summed E-state index contributed by atoms with van der Waals surface area (Å²) in [6.07, 6.45) is 0. The number of nitrogens with zero attached hydrogens (tertiary/aromatic N) is 3. The third kappa shape index (κ3) is 4.29. The monoisotopic (exact) mass is 625 g/mol. The Morgan fingerprint density at radius 3 is 1.37 bits per heavy atom. The fourth-order valence-electron chi connectivity index (χ4n) is 7.75. The first-order valence-corrected chi connectivity index (χ1v) is 16.8. The van der Waals surface area contributed by atoms with Gasteiger partial charge >= 0.3 is 0 Å². The van der Waals surface area contributed by atoms with E-state index < -0.39 is 0 Å². The normalized spacial score (nSPS) is 11.7. The highest BCUT2D eigenvalue weighted by atomic mass is 15.1. The number of benzene rings is 8. The number of fused-ring (bicyclic) bond motifs is 8. The van der Waals surface area contributed by atoms with E-state index in [0.29, 0.717) is 0 Å². The van der Waals surface area contributed by atoms with E-state index in [2.05, 4.69) is 202 Å². The van der Waals surface area contributed by atoms with Gasteiger partial charge < -0.3 is 14.2 Å². The molecule has 10 aromatic rings. The average Bonchev–Trinajstić information content (AvgIpc) is 3.68. The van der Waals surface area contributed by atoms with E-state index in [9.17, 15) is 0 Å². The maximum Gasteiger partial charge on any atom is 0.0627 e. The van der Waals surface area contributed by atoms with Crippen LogP contribution in [0.5, 0.6) is 0 Å². The van der Waals surface area contributed by atoms with Gasteiger partial charge in [0.25, 0.3) is 0 Å². The average molecular weight is 626 g/mol. The van der Waals surface area contributed by atoms with Crippen molar-refractivity contribution in [3.63, 3.8) is 0 Å². The lowest BCUT2D eigenvalue weighted by molar-refractivity contribution is 1.28. The first kappa shape index (κ1) is 27.5. The molecule has 0 aliphatic rings. The molecule has 0 unspecified atom stereocenters. The molecule has 0 saturated heterocycles. The van der Waals surface area contributed by atoms with Crippen LogP contribution in [0.25, 0.3) is 48.9 Å². The minimum absolute atomic E-state index is 1.13. The molecule has 2 aromatic heterocycles. The number of aromatic nitrogens is 1. The van der Waals surface area contributed by atoms with Crippen molar-refractivity contribution in [1.82, 2.24) is 4.40 Å². The summed E-state index contributed by atoms with van der Waals surface area (Å²) in [5, 5.41) is 7.60. The largest absolute Gasteiger partial charge is 0.310 e. The van der Waals surface area contributed by atoms with Crippen LogP contribution in [0.4, 0.5) is 34.1 Å². The Bertz CT molecular complexity index is 2570. The molecule has 0 radical (unpaired) electrons. The van der Waals surface area contributed by atoms with Crippen molar-refractivity contribution < 1.29 is 0 Å². The van der Waals surface area contributed by atoms with Crippen molar-refractivity contribution >= 4 is 83.0 Å². The Balaban J connectivity index is 1.25. The van der Waals surface area contributed by atoms with Crippen LogP contribution in [0.3, 0.4) is 0 Å². The lowest BCUT2D eigenvalue weighted by Crippen LogP contribution is -2.09. The number of anilines is 6. The third-order valence-electron chi connectivity index (χ3n) is 9.82. The zero-order valence-electron chi connectivity index (χ0n) is 26.7. The van der Waals surface area contributed by atoms with E-state index >= 15 is 0 Å². The second-order valence-electron chi connectivity index (χ2n) is 12.6. The molecule has 0 N–H and O–H groups in total. The molecule has 0 aliphatic carbocycles. The first-order valence-electron chi connectivity index (χ1n) is 16.8.